The van der Waals surface area contributed by atoms with Crippen molar-refractivity contribution in [2.24, 2.45) is 5.92 Å². The summed E-state index contributed by atoms with van der Waals surface area (Å²) in [7, 11) is 2.07. The number of hydrogen-bond donors (Lipinski definition) is 1. The number of nitrogens with one attached hydrogen (secondary N) is 1. The molecule has 0 radical (unpaired) electrons. The molecule has 1 aromatic rings. The fraction of sp³-hybridized carbons (Fsp3) is 0.688. The molecule has 0 amide bonds. The number of hydrogen-bond acceptors (Lipinski definition) is 3. The monoisotopic (exact) mass is 279 g/mol. The Balaban J connectivity index is 2.05. The summed E-state index contributed by atoms with van der Waals surface area (Å²) in [6.45, 7) is 4.63. The van der Waals surface area contributed by atoms with Gasteiger partial charge in [0.15, 0.2) is 0 Å². The lowest BCUT2D eigenvalue weighted by Crippen LogP contribution is -2.29. The predicted octanol–water partition coefficient (Wildman–Crippen LogP) is 3.35. The molecule has 1 aliphatic carbocycles. The van der Waals surface area contributed by atoms with E-state index in [1.54, 1.807) is 6.07 Å². The largest absolute Gasteiger partial charge is 0.359 e. The van der Waals surface area contributed by atoms with Crippen LogP contribution < -0.4 is 10.2 Å². The van der Waals surface area contributed by atoms with Crippen molar-refractivity contribution < 1.29 is 4.39 Å². The molecular formula is C16H26FN3. The Bertz CT molecular complexity index is 416. The lowest BCUT2D eigenvalue weighted by Gasteiger charge is -2.29. The summed E-state index contributed by atoms with van der Waals surface area (Å²) in [5, 5.41) is 3.26. The van der Waals surface area contributed by atoms with Crippen LogP contribution in [-0.2, 0) is 6.54 Å². The molecular weight excluding hydrogens is 253 g/mol. The molecule has 0 bridgehead atoms. The number of anilines is 1. The number of pyridine rings is 1. The van der Waals surface area contributed by atoms with Gasteiger partial charge in [-0.05, 0) is 31.4 Å². The van der Waals surface area contributed by atoms with Crippen molar-refractivity contribution in [2.75, 3.05) is 25.0 Å². The molecule has 3 nitrogen and oxygen atoms in total. The van der Waals surface area contributed by atoms with E-state index in [9.17, 15) is 4.39 Å². The van der Waals surface area contributed by atoms with Crippen LogP contribution in [0.4, 0.5) is 10.2 Å². The van der Waals surface area contributed by atoms with Crippen molar-refractivity contribution in [3.63, 3.8) is 0 Å². The highest BCUT2D eigenvalue weighted by molar-refractivity contribution is 5.46. The van der Waals surface area contributed by atoms with Crippen LogP contribution in [0.15, 0.2) is 12.3 Å². The summed E-state index contributed by atoms with van der Waals surface area (Å²) in [5.74, 6) is 1.42. The molecule has 1 fully saturated rings. The Morgan fingerprint density at radius 1 is 1.35 bits per heavy atom. The van der Waals surface area contributed by atoms with Crippen molar-refractivity contribution in [2.45, 2.75) is 45.6 Å². The van der Waals surface area contributed by atoms with E-state index >= 15 is 0 Å². The zero-order chi connectivity index (χ0) is 14.4. The maximum atomic E-state index is 13.4. The van der Waals surface area contributed by atoms with Crippen LogP contribution >= 0.6 is 0 Å². The van der Waals surface area contributed by atoms with Gasteiger partial charge in [-0.15, -0.1) is 0 Å². The van der Waals surface area contributed by atoms with Crippen molar-refractivity contribution >= 4 is 5.82 Å². The second kappa shape index (κ2) is 7.58. The number of halogens is 1. The summed E-state index contributed by atoms with van der Waals surface area (Å²) in [5.41, 5.74) is 0.949. The van der Waals surface area contributed by atoms with E-state index in [4.69, 9.17) is 0 Å². The molecule has 0 atom stereocenters. The quantitative estimate of drug-likeness (QED) is 0.865. The van der Waals surface area contributed by atoms with Gasteiger partial charge in [0, 0.05) is 25.7 Å². The number of aromatic nitrogens is 1. The maximum Gasteiger partial charge on any atom is 0.141 e. The van der Waals surface area contributed by atoms with E-state index in [-0.39, 0.29) is 5.82 Å². The highest BCUT2D eigenvalue weighted by Gasteiger charge is 2.18. The van der Waals surface area contributed by atoms with Crippen LogP contribution in [0.5, 0.6) is 0 Å². The first kappa shape index (κ1) is 15.2. The topological polar surface area (TPSA) is 28.2 Å². The first-order chi connectivity index (χ1) is 9.70. The lowest BCUT2D eigenvalue weighted by atomic mass is 9.89. The molecule has 1 heterocycles. The smallest absolute Gasteiger partial charge is 0.141 e. The molecule has 0 saturated heterocycles. The van der Waals surface area contributed by atoms with Gasteiger partial charge in [0.25, 0.3) is 0 Å². The molecule has 1 aliphatic rings. The van der Waals surface area contributed by atoms with E-state index in [1.165, 1.54) is 38.3 Å². The van der Waals surface area contributed by atoms with Gasteiger partial charge in [-0.3, -0.25) is 0 Å². The molecule has 112 valence electrons. The molecule has 1 aromatic heterocycles. The Kier molecular flexibility index (Phi) is 5.77. The van der Waals surface area contributed by atoms with Gasteiger partial charge in [-0.1, -0.05) is 26.2 Å². The third kappa shape index (κ3) is 4.17. The molecule has 20 heavy (non-hydrogen) atoms. The molecule has 2 rings (SSSR count). The highest BCUT2D eigenvalue weighted by Crippen LogP contribution is 2.26. The van der Waals surface area contributed by atoms with Crippen molar-refractivity contribution in [3.05, 3.63) is 23.6 Å². The summed E-state index contributed by atoms with van der Waals surface area (Å²) in [6.07, 6.45) is 8.02. The first-order valence-electron chi connectivity index (χ1n) is 7.77. The second-order valence-electron chi connectivity index (χ2n) is 5.80. The summed E-state index contributed by atoms with van der Waals surface area (Å²) in [6, 6.07) is 1.60. The van der Waals surface area contributed by atoms with Crippen molar-refractivity contribution in [1.29, 1.82) is 0 Å². The number of rotatable bonds is 6. The van der Waals surface area contributed by atoms with Gasteiger partial charge in [0.05, 0.1) is 6.20 Å². The number of nitrogens with zero attached hydrogens (tertiary/aromatic N) is 2. The van der Waals surface area contributed by atoms with Crippen LogP contribution in [-0.4, -0.2) is 25.1 Å². The van der Waals surface area contributed by atoms with Gasteiger partial charge >= 0.3 is 0 Å². The molecule has 4 heteroatoms. The van der Waals surface area contributed by atoms with E-state index in [2.05, 4.69) is 29.2 Å². The molecule has 1 saturated carbocycles. The van der Waals surface area contributed by atoms with E-state index < -0.39 is 0 Å². The minimum Gasteiger partial charge on any atom is -0.359 e. The zero-order valence-corrected chi connectivity index (χ0v) is 12.7. The highest BCUT2D eigenvalue weighted by atomic mass is 19.1. The lowest BCUT2D eigenvalue weighted by molar-refractivity contribution is 0.361. The maximum absolute atomic E-state index is 13.4. The third-order valence-corrected chi connectivity index (χ3v) is 4.09. The van der Waals surface area contributed by atoms with Gasteiger partial charge in [-0.25, -0.2) is 9.37 Å². The zero-order valence-electron chi connectivity index (χ0n) is 12.7. The van der Waals surface area contributed by atoms with Crippen LogP contribution in [0, 0.1) is 11.7 Å². The van der Waals surface area contributed by atoms with E-state index in [1.807, 2.05) is 0 Å². The average Bonchev–Trinajstić information content (AvgIpc) is 2.46. The molecule has 0 spiro atoms. The summed E-state index contributed by atoms with van der Waals surface area (Å²) in [4.78, 5) is 6.50. The average molecular weight is 279 g/mol. The van der Waals surface area contributed by atoms with Crippen LogP contribution in [0.2, 0.25) is 0 Å². The van der Waals surface area contributed by atoms with Gasteiger partial charge in [-0.2, -0.15) is 0 Å². The fourth-order valence-corrected chi connectivity index (χ4v) is 3.05. The normalized spacial score (nSPS) is 16.4. The Hall–Kier alpha value is -1.16. The van der Waals surface area contributed by atoms with Gasteiger partial charge in [0.2, 0.25) is 0 Å². The molecule has 0 aromatic carbocycles. The molecule has 1 N–H and O–H groups in total. The second-order valence-corrected chi connectivity index (χ2v) is 5.80. The predicted molar refractivity (Wildman–Crippen MR) is 81.4 cm³/mol. The van der Waals surface area contributed by atoms with Crippen LogP contribution in [0.3, 0.4) is 0 Å². The molecule has 0 unspecified atom stereocenters. The third-order valence-electron chi connectivity index (χ3n) is 4.09. The van der Waals surface area contributed by atoms with Crippen molar-refractivity contribution in [1.82, 2.24) is 10.3 Å². The molecule has 0 aliphatic heterocycles. The van der Waals surface area contributed by atoms with E-state index in [0.717, 1.165) is 30.4 Å². The van der Waals surface area contributed by atoms with E-state index in [0.29, 0.717) is 6.54 Å². The van der Waals surface area contributed by atoms with Crippen molar-refractivity contribution in [3.8, 4) is 0 Å². The minimum absolute atomic E-state index is 0.257. The minimum atomic E-state index is -0.257. The SMILES string of the molecule is CCNCc1cc(F)cnc1N(C)CC1CCCCC1. The summed E-state index contributed by atoms with van der Waals surface area (Å²) >= 11 is 0. The Labute approximate surface area is 121 Å². The van der Waals surface area contributed by atoms with Gasteiger partial charge in [0.1, 0.15) is 11.6 Å². The summed E-state index contributed by atoms with van der Waals surface area (Å²) < 4.78 is 13.4. The fourth-order valence-electron chi connectivity index (χ4n) is 3.05. The van der Waals surface area contributed by atoms with Crippen LogP contribution in [0.25, 0.3) is 0 Å². The van der Waals surface area contributed by atoms with Crippen LogP contribution in [0.1, 0.15) is 44.6 Å². The first-order valence-corrected chi connectivity index (χ1v) is 7.77. The Morgan fingerprint density at radius 3 is 2.80 bits per heavy atom. The standard InChI is InChI=1S/C16H26FN3/c1-3-18-10-14-9-15(17)11-19-16(14)20(2)12-13-7-5-4-6-8-13/h9,11,13,18H,3-8,10,12H2,1-2H3. The van der Waals surface area contributed by atoms with Gasteiger partial charge < -0.3 is 10.2 Å². The Morgan fingerprint density at radius 2 is 2.10 bits per heavy atom.